The molecule has 1 rings (SSSR count). The second-order valence-corrected chi connectivity index (χ2v) is 4.63. The fraction of sp³-hybridized carbons (Fsp3) is 0.300. The lowest BCUT2D eigenvalue weighted by Gasteiger charge is -2.10. The molecule has 1 N–H and O–H groups in total. The van der Waals surface area contributed by atoms with Crippen molar-refractivity contribution in [3.63, 3.8) is 0 Å². The third-order valence-electron chi connectivity index (χ3n) is 1.82. The highest BCUT2D eigenvalue weighted by Gasteiger charge is 2.17. The van der Waals surface area contributed by atoms with E-state index < -0.39 is 5.38 Å². The zero-order valence-electron chi connectivity index (χ0n) is 8.06. The summed E-state index contributed by atoms with van der Waals surface area (Å²) in [5.41, 5.74) is 0.691. The average molecular weight is 311 g/mol. The number of hydrogen-bond donors (Lipinski definition) is 1. The van der Waals surface area contributed by atoms with E-state index in [0.29, 0.717) is 17.1 Å². The van der Waals surface area contributed by atoms with Gasteiger partial charge in [0.2, 0.25) is 5.91 Å². The van der Waals surface area contributed by atoms with Crippen molar-refractivity contribution in [3.05, 3.63) is 33.3 Å². The smallest absolute Gasteiger partial charge is 0.242 e. The highest BCUT2D eigenvalue weighted by Crippen LogP contribution is 2.28. The van der Waals surface area contributed by atoms with Gasteiger partial charge in [-0.15, -0.1) is 11.6 Å². The molecule has 15 heavy (non-hydrogen) atoms. The van der Waals surface area contributed by atoms with Crippen LogP contribution in [0.2, 0.25) is 5.02 Å². The van der Waals surface area contributed by atoms with Crippen molar-refractivity contribution in [1.29, 1.82) is 0 Å². The monoisotopic (exact) mass is 309 g/mol. The summed E-state index contributed by atoms with van der Waals surface area (Å²) in [6.07, 6.45) is 0. The molecular weight excluding hydrogens is 301 g/mol. The summed E-state index contributed by atoms with van der Waals surface area (Å²) < 4.78 is 0.785. The summed E-state index contributed by atoms with van der Waals surface area (Å²) in [6.45, 7) is 2.41. The van der Waals surface area contributed by atoms with Crippen molar-refractivity contribution >= 4 is 45.0 Å². The van der Waals surface area contributed by atoms with Crippen LogP contribution in [0.4, 0.5) is 0 Å². The van der Waals surface area contributed by atoms with Gasteiger partial charge < -0.3 is 5.32 Å². The van der Waals surface area contributed by atoms with E-state index in [-0.39, 0.29) is 5.91 Å². The second-order valence-electron chi connectivity index (χ2n) is 2.93. The standard InChI is InChI=1S/C10H10BrCl2NO/c1-2-14-10(15)9(13)6-3-4-7(11)8(12)5-6/h3-5,9H,2H2,1H3,(H,14,15). The Morgan fingerprint density at radius 2 is 2.27 bits per heavy atom. The molecule has 0 aliphatic carbocycles. The normalized spacial score (nSPS) is 12.3. The molecule has 0 saturated carbocycles. The Morgan fingerprint density at radius 3 is 2.80 bits per heavy atom. The van der Waals surface area contributed by atoms with Gasteiger partial charge in [-0.1, -0.05) is 17.7 Å². The molecule has 0 aliphatic heterocycles. The van der Waals surface area contributed by atoms with Gasteiger partial charge in [0.1, 0.15) is 5.38 Å². The van der Waals surface area contributed by atoms with Crippen molar-refractivity contribution in [2.75, 3.05) is 6.54 Å². The lowest BCUT2D eigenvalue weighted by molar-refractivity contribution is -0.120. The number of carbonyl (C=O) groups excluding carboxylic acids is 1. The number of likely N-dealkylation sites (N-methyl/N-ethyl adjacent to an activating group) is 1. The van der Waals surface area contributed by atoms with E-state index in [1.165, 1.54) is 0 Å². The van der Waals surface area contributed by atoms with Crippen LogP contribution in [0.25, 0.3) is 0 Å². The molecule has 0 heterocycles. The lowest BCUT2D eigenvalue weighted by atomic mass is 10.1. The fourth-order valence-corrected chi connectivity index (χ4v) is 1.73. The summed E-state index contributed by atoms with van der Waals surface area (Å²) in [5, 5.41) is 2.50. The topological polar surface area (TPSA) is 29.1 Å². The first-order valence-corrected chi connectivity index (χ1v) is 6.03. The van der Waals surface area contributed by atoms with E-state index in [4.69, 9.17) is 23.2 Å². The van der Waals surface area contributed by atoms with Crippen LogP contribution in [0.3, 0.4) is 0 Å². The van der Waals surface area contributed by atoms with Crippen LogP contribution >= 0.6 is 39.1 Å². The number of benzene rings is 1. The van der Waals surface area contributed by atoms with Crippen molar-refractivity contribution in [2.24, 2.45) is 0 Å². The first-order valence-electron chi connectivity index (χ1n) is 4.43. The van der Waals surface area contributed by atoms with Crippen molar-refractivity contribution in [2.45, 2.75) is 12.3 Å². The molecular formula is C10H10BrCl2NO. The Balaban J connectivity index is 2.86. The van der Waals surface area contributed by atoms with Crippen LogP contribution in [0.1, 0.15) is 17.9 Å². The molecule has 0 aliphatic rings. The van der Waals surface area contributed by atoms with Crippen molar-refractivity contribution in [3.8, 4) is 0 Å². The first kappa shape index (κ1) is 12.8. The molecule has 5 heteroatoms. The SMILES string of the molecule is CCNC(=O)C(Cl)c1ccc(Br)c(Cl)c1. The summed E-state index contributed by atoms with van der Waals surface area (Å²) in [7, 11) is 0. The third kappa shape index (κ3) is 3.37. The van der Waals surface area contributed by atoms with Gasteiger partial charge in [-0.2, -0.15) is 0 Å². The van der Waals surface area contributed by atoms with Gasteiger partial charge in [-0.25, -0.2) is 0 Å². The van der Waals surface area contributed by atoms with Crippen LogP contribution in [0.15, 0.2) is 22.7 Å². The predicted octanol–water partition coefficient (Wildman–Crippen LogP) is 3.52. The van der Waals surface area contributed by atoms with Gasteiger partial charge in [0, 0.05) is 11.0 Å². The molecule has 1 atom stereocenters. The van der Waals surface area contributed by atoms with Gasteiger partial charge in [0.15, 0.2) is 0 Å². The maximum atomic E-state index is 11.4. The Morgan fingerprint density at radius 1 is 1.60 bits per heavy atom. The molecule has 0 aromatic heterocycles. The van der Waals surface area contributed by atoms with E-state index in [1.54, 1.807) is 18.2 Å². The van der Waals surface area contributed by atoms with Crippen LogP contribution in [0, 0.1) is 0 Å². The van der Waals surface area contributed by atoms with E-state index in [2.05, 4.69) is 21.2 Å². The number of hydrogen-bond acceptors (Lipinski definition) is 1. The predicted molar refractivity (Wildman–Crippen MR) is 66.4 cm³/mol. The van der Waals surface area contributed by atoms with Crippen molar-refractivity contribution in [1.82, 2.24) is 5.32 Å². The molecule has 2 nitrogen and oxygen atoms in total. The van der Waals surface area contributed by atoms with Gasteiger partial charge >= 0.3 is 0 Å². The van der Waals surface area contributed by atoms with Gasteiger partial charge in [0.25, 0.3) is 0 Å². The second kappa shape index (κ2) is 5.73. The summed E-state index contributed by atoms with van der Waals surface area (Å²) in [6, 6.07) is 5.22. The molecule has 0 fully saturated rings. The molecule has 0 radical (unpaired) electrons. The average Bonchev–Trinajstić information content (AvgIpc) is 2.21. The summed E-state index contributed by atoms with van der Waals surface area (Å²) >= 11 is 15.1. The van der Waals surface area contributed by atoms with Crippen LogP contribution in [0.5, 0.6) is 0 Å². The van der Waals surface area contributed by atoms with Gasteiger partial charge in [-0.05, 0) is 40.5 Å². The lowest BCUT2D eigenvalue weighted by Crippen LogP contribution is -2.26. The van der Waals surface area contributed by atoms with E-state index in [9.17, 15) is 4.79 Å². The minimum atomic E-state index is -0.699. The van der Waals surface area contributed by atoms with E-state index >= 15 is 0 Å². The van der Waals surface area contributed by atoms with Gasteiger partial charge in [0.05, 0.1) is 5.02 Å². The van der Waals surface area contributed by atoms with Crippen LogP contribution < -0.4 is 5.32 Å². The van der Waals surface area contributed by atoms with Crippen molar-refractivity contribution < 1.29 is 4.79 Å². The highest BCUT2D eigenvalue weighted by atomic mass is 79.9. The molecule has 0 bridgehead atoms. The van der Waals surface area contributed by atoms with Crippen LogP contribution in [-0.2, 0) is 4.79 Å². The Labute approximate surface area is 107 Å². The Bertz CT molecular complexity index is 370. The number of halogens is 3. The zero-order chi connectivity index (χ0) is 11.4. The zero-order valence-corrected chi connectivity index (χ0v) is 11.2. The number of nitrogens with one attached hydrogen (secondary N) is 1. The Hall–Kier alpha value is -0.250. The third-order valence-corrected chi connectivity index (χ3v) is 3.50. The van der Waals surface area contributed by atoms with E-state index in [1.807, 2.05) is 6.92 Å². The number of alkyl halides is 1. The van der Waals surface area contributed by atoms with E-state index in [0.717, 1.165) is 4.47 Å². The maximum absolute atomic E-state index is 11.4. The molecule has 1 amide bonds. The molecule has 1 aromatic carbocycles. The number of amides is 1. The molecule has 0 spiro atoms. The highest BCUT2D eigenvalue weighted by molar-refractivity contribution is 9.10. The summed E-state index contributed by atoms with van der Waals surface area (Å²) in [5.74, 6) is -0.211. The fourth-order valence-electron chi connectivity index (χ4n) is 1.09. The quantitative estimate of drug-likeness (QED) is 0.850. The van der Waals surface area contributed by atoms with Gasteiger partial charge in [-0.3, -0.25) is 4.79 Å². The summed E-state index contributed by atoms with van der Waals surface area (Å²) in [4.78, 5) is 11.4. The molecule has 1 unspecified atom stereocenters. The first-order chi connectivity index (χ1) is 7.06. The molecule has 82 valence electrons. The molecule has 1 aromatic rings. The van der Waals surface area contributed by atoms with Crippen LogP contribution in [-0.4, -0.2) is 12.5 Å². The number of carbonyl (C=O) groups is 1. The largest absolute Gasteiger partial charge is 0.355 e. The minimum Gasteiger partial charge on any atom is -0.355 e. The molecule has 0 saturated heterocycles. The Kier molecular flexibility index (Phi) is 4.90. The minimum absolute atomic E-state index is 0.211. The number of rotatable bonds is 3. The maximum Gasteiger partial charge on any atom is 0.242 e.